The van der Waals surface area contributed by atoms with E-state index < -0.39 is 17.8 Å². The van der Waals surface area contributed by atoms with Crippen molar-refractivity contribution in [3.8, 4) is 0 Å². The number of hydrogen-bond donors (Lipinski definition) is 2. The molecule has 1 aliphatic rings. The van der Waals surface area contributed by atoms with Gasteiger partial charge in [0.2, 0.25) is 0 Å². The molecule has 0 spiro atoms. The molecule has 0 heterocycles. The zero-order valence-corrected chi connectivity index (χ0v) is 11.4. The van der Waals surface area contributed by atoms with Crippen LogP contribution < -0.4 is 5.32 Å². The van der Waals surface area contributed by atoms with E-state index in [0.717, 1.165) is 6.42 Å². The molecule has 1 rings (SSSR count). The molecule has 4 nitrogen and oxygen atoms in total. The molecular formula is C14H23NO3. The third-order valence-electron chi connectivity index (χ3n) is 3.00. The molecule has 4 heteroatoms. The lowest BCUT2D eigenvalue weighted by Crippen LogP contribution is -2.44. The van der Waals surface area contributed by atoms with Crippen LogP contribution in [0.15, 0.2) is 24.8 Å². The predicted octanol–water partition coefficient (Wildman–Crippen LogP) is 2.39. The number of alkyl carbamates (subject to hydrolysis) is 1. The Kier molecular flexibility index (Phi) is 4.57. The lowest BCUT2D eigenvalue weighted by atomic mass is 9.80. The molecule has 0 aromatic carbocycles. The minimum Gasteiger partial charge on any atom is -0.444 e. The SMILES string of the molecule is C=CC[C@@]1(CNC(=O)OC(C)(C)C)CC=C[C@H]1O. The van der Waals surface area contributed by atoms with Gasteiger partial charge in [-0.15, -0.1) is 6.58 Å². The predicted molar refractivity (Wildman–Crippen MR) is 71.2 cm³/mol. The molecule has 1 aliphatic carbocycles. The van der Waals surface area contributed by atoms with E-state index in [0.29, 0.717) is 13.0 Å². The lowest BCUT2D eigenvalue weighted by Gasteiger charge is -2.32. The maximum absolute atomic E-state index is 11.6. The van der Waals surface area contributed by atoms with Gasteiger partial charge in [-0.2, -0.15) is 0 Å². The summed E-state index contributed by atoms with van der Waals surface area (Å²) < 4.78 is 5.18. The van der Waals surface area contributed by atoms with E-state index in [4.69, 9.17) is 4.74 Å². The Hall–Kier alpha value is -1.29. The largest absolute Gasteiger partial charge is 0.444 e. The standard InChI is InChI=1S/C14H23NO3/c1-5-8-14(9-6-7-11(14)16)10-15-12(17)18-13(2,3)4/h5-7,11,16H,1,8-10H2,2-4H3,(H,15,17)/t11-,14+/m1/s1. The average molecular weight is 253 g/mol. The highest BCUT2D eigenvalue weighted by atomic mass is 16.6. The maximum atomic E-state index is 11.6. The zero-order chi connectivity index (χ0) is 13.8. The fourth-order valence-corrected chi connectivity index (χ4v) is 2.06. The Morgan fingerprint density at radius 3 is 2.78 bits per heavy atom. The molecule has 18 heavy (non-hydrogen) atoms. The van der Waals surface area contributed by atoms with E-state index in [1.165, 1.54) is 0 Å². The lowest BCUT2D eigenvalue weighted by molar-refractivity contribution is 0.0412. The number of nitrogens with one attached hydrogen (secondary N) is 1. The number of hydrogen-bond acceptors (Lipinski definition) is 3. The van der Waals surface area contributed by atoms with Crippen molar-refractivity contribution >= 4 is 6.09 Å². The first-order valence-corrected chi connectivity index (χ1v) is 6.21. The third-order valence-corrected chi connectivity index (χ3v) is 3.00. The molecule has 2 N–H and O–H groups in total. The van der Waals surface area contributed by atoms with Gasteiger partial charge in [-0.05, 0) is 33.6 Å². The number of aliphatic hydroxyl groups is 1. The summed E-state index contributed by atoms with van der Waals surface area (Å²) in [7, 11) is 0. The van der Waals surface area contributed by atoms with Crippen LogP contribution in [0, 0.1) is 5.41 Å². The Balaban J connectivity index is 2.54. The van der Waals surface area contributed by atoms with Crippen molar-refractivity contribution in [2.24, 2.45) is 5.41 Å². The Bertz CT molecular complexity index is 343. The highest BCUT2D eigenvalue weighted by molar-refractivity contribution is 5.67. The second kappa shape index (κ2) is 5.57. The summed E-state index contributed by atoms with van der Waals surface area (Å²) in [6.45, 7) is 9.54. The number of carbonyl (C=O) groups excluding carboxylic acids is 1. The van der Waals surface area contributed by atoms with Crippen molar-refractivity contribution in [2.45, 2.75) is 45.3 Å². The van der Waals surface area contributed by atoms with Gasteiger partial charge >= 0.3 is 6.09 Å². The van der Waals surface area contributed by atoms with Crippen molar-refractivity contribution in [1.29, 1.82) is 0 Å². The number of allylic oxidation sites excluding steroid dienone is 2. The van der Waals surface area contributed by atoms with Gasteiger partial charge in [0, 0.05) is 12.0 Å². The van der Waals surface area contributed by atoms with E-state index in [-0.39, 0.29) is 5.41 Å². The molecule has 0 bridgehead atoms. The molecule has 0 saturated carbocycles. The molecular weight excluding hydrogens is 230 g/mol. The molecule has 0 saturated heterocycles. The van der Waals surface area contributed by atoms with Gasteiger partial charge in [0.1, 0.15) is 5.60 Å². The minimum absolute atomic E-state index is 0.376. The summed E-state index contributed by atoms with van der Waals surface area (Å²) in [5.74, 6) is 0. The number of carbonyl (C=O) groups is 1. The van der Waals surface area contributed by atoms with Gasteiger partial charge < -0.3 is 15.2 Å². The summed E-state index contributed by atoms with van der Waals surface area (Å²) in [6.07, 6.45) is 5.85. The van der Waals surface area contributed by atoms with E-state index in [9.17, 15) is 9.90 Å². The highest BCUT2D eigenvalue weighted by Gasteiger charge is 2.38. The molecule has 0 aromatic rings. The first kappa shape index (κ1) is 14.8. The number of rotatable bonds is 4. The first-order chi connectivity index (χ1) is 8.29. The second-order valence-corrected chi connectivity index (χ2v) is 5.79. The van der Waals surface area contributed by atoms with E-state index >= 15 is 0 Å². The van der Waals surface area contributed by atoms with Crippen LogP contribution in [0.1, 0.15) is 33.6 Å². The van der Waals surface area contributed by atoms with E-state index in [1.807, 2.05) is 26.8 Å². The molecule has 0 fully saturated rings. The van der Waals surface area contributed by atoms with Crippen LogP contribution in [-0.4, -0.2) is 29.4 Å². The average Bonchev–Trinajstić information content (AvgIpc) is 2.56. The van der Waals surface area contributed by atoms with Gasteiger partial charge in [0.05, 0.1) is 6.10 Å². The topological polar surface area (TPSA) is 58.6 Å². The fraction of sp³-hybridized carbons (Fsp3) is 0.643. The summed E-state index contributed by atoms with van der Waals surface area (Å²) in [4.78, 5) is 11.6. The first-order valence-electron chi connectivity index (χ1n) is 6.21. The molecule has 0 unspecified atom stereocenters. The molecule has 2 atom stereocenters. The molecule has 102 valence electrons. The smallest absolute Gasteiger partial charge is 0.407 e. The Labute approximate surface area is 109 Å². The van der Waals surface area contributed by atoms with Gasteiger partial charge in [-0.3, -0.25) is 0 Å². The van der Waals surface area contributed by atoms with E-state index in [2.05, 4.69) is 11.9 Å². The van der Waals surface area contributed by atoms with Gasteiger partial charge in [-0.1, -0.05) is 18.2 Å². The summed E-state index contributed by atoms with van der Waals surface area (Å²) in [5, 5.41) is 12.7. The van der Waals surface area contributed by atoms with Crippen molar-refractivity contribution in [3.63, 3.8) is 0 Å². The van der Waals surface area contributed by atoms with Crippen molar-refractivity contribution < 1.29 is 14.6 Å². The van der Waals surface area contributed by atoms with Crippen LogP contribution >= 0.6 is 0 Å². The Morgan fingerprint density at radius 1 is 1.67 bits per heavy atom. The zero-order valence-electron chi connectivity index (χ0n) is 11.4. The fourth-order valence-electron chi connectivity index (χ4n) is 2.06. The quantitative estimate of drug-likeness (QED) is 0.756. The van der Waals surface area contributed by atoms with Crippen LogP contribution in [-0.2, 0) is 4.74 Å². The van der Waals surface area contributed by atoms with Gasteiger partial charge in [-0.25, -0.2) is 4.79 Å². The number of amides is 1. The second-order valence-electron chi connectivity index (χ2n) is 5.79. The van der Waals surface area contributed by atoms with Crippen LogP contribution in [0.3, 0.4) is 0 Å². The number of aliphatic hydroxyl groups excluding tert-OH is 1. The van der Waals surface area contributed by atoms with Crippen LogP contribution in [0.25, 0.3) is 0 Å². The summed E-state index contributed by atoms with van der Waals surface area (Å²) in [6, 6.07) is 0. The van der Waals surface area contributed by atoms with Crippen LogP contribution in [0.5, 0.6) is 0 Å². The van der Waals surface area contributed by atoms with Crippen molar-refractivity contribution in [3.05, 3.63) is 24.8 Å². The molecule has 0 radical (unpaired) electrons. The van der Waals surface area contributed by atoms with E-state index in [1.54, 1.807) is 12.2 Å². The van der Waals surface area contributed by atoms with Crippen LogP contribution in [0.4, 0.5) is 4.79 Å². The van der Waals surface area contributed by atoms with Gasteiger partial charge in [0.25, 0.3) is 0 Å². The monoisotopic (exact) mass is 253 g/mol. The summed E-state index contributed by atoms with van der Waals surface area (Å²) >= 11 is 0. The normalized spacial score (nSPS) is 27.0. The van der Waals surface area contributed by atoms with Crippen molar-refractivity contribution in [2.75, 3.05) is 6.54 Å². The third kappa shape index (κ3) is 3.88. The Morgan fingerprint density at radius 2 is 2.33 bits per heavy atom. The van der Waals surface area contributed by atoms with Crippen LogP contribution in [0.2, 0.25) is 0 Å². The molecule has 0 aliphatic heterocycles. The maximum Gasteiger partial charge on any atom is 0.407 e. The molecule has 0 aromatic heterocycles. The van der Waals surface area contributed by atoms with Gasteiger partial charge in [0.15, 0.2) is 0 Å². The number of ether oxygens (including phenoxy) is 1. The molecule has 1 amide bonds. The summed E-state index contributed by atoms with van der Waals surface area (Å²) in [5.41, 5.74) is -0.888. The minimum atomic E-state index is -0.551. The highest BCUT2D eigenvalue weighted by Crippen LogP contribution is 2.36. The van der Waals surface area contributed by atoms with Crippen molar-refractivity contribution in [1.82, 2.24) is 5.32 Å².